The molecule has 5 nitrogen and oxygen atoms in total. The summed E-state index contributed by atoms with van der Waals surface area (Å²) in [5.41, 5.74) is -1.54. The van der Waals surface area contributed by atoms with E-state index < -0.39 is 29.1 Å². The number of nitrogens with one attached hydrogen (secondary N) is 1. The highest BCUT2D eigenvalue weighted by atomic mass is 32.2. The predicted molar refractivity (Wildman–Crippen MR) is 96.9 cm³/mol. The van der Waals surface area contributed by atoms with Crippen LogP contribution in [0.25, 0.3) is 0 Å². The maximum Gasteiger partial charge on any atom is 0.416 e. The lowest BCUT2D eigenvalue weighted by Gasteiger charge is -2.29. The smallest absolute Gasteiger partial charge is 0.312 e. The molecule has 142 valence electrons. The molecule has 1 aliphatic heterocycles. The van der Waals surface area contributed by atoms with Crippen LogP contribution < -0.4 is 10.9 Å². The van der Waals surface area contributed by atoms with Gasteiger partial charge in [-0.25, -0.2) is 0 Å². The van der Waals surface area contributed by atoms with Crippen LogP contribution in [0.4, 0.5) is 19.0 Å². The molecule has 9 heteroatoms. The van der Waals surface area contributed by atoms with Gasteiger partial charge in [-0.2, -0.15) is 18.2 Å². The summed E-state index contributed by atoms with van der Waals surface area (Å²) in [4.78, 5) is 28.9. The van der Waals surface area contributed by atoms with Crippen molar-refractivity contribution in [2.45, 2.75) is 23.7 Å². The van der Waals surface area contributed by atoms with Gasteiger partial charge in [-0.1, -0.05) is 36.0 Å². The van der Waals surface area contributed by atoms with Crippen LogP contribution in [0.3, 0.4) is 0 Å². The quantitative estimate of drug-likeness (QED) is 0.489. The lowest BCUT2D eigenvalue weighted by molar-refractivity contribution is -0.138. The molecular formula is C18H16F3N3O2S. The van der Waals surface area contributed by atoms with E-state index in [2.05, 4.69) is 16.9 Å². The number of aromatic nitrogens is 2. The molecule has 1 N–H and O–H groups in total. The molecule has 0 radical (unpaired) electrons. The van der Waals surface area contributed by atoms with Crippen molar-refractivity contribution in [1.82, 2.24) is 9.55 Å². The molecule has 2 heterocycles. The fourth-order valence-electron chi connectivity index (χ4n) is 3.12. The number of amides is 1. The van der Waals surface area contributed by atoms with Crippen LogP contribution in [0.5, 0.6) is 0 Å². The van der Waals surface area contributed by atoms with E-state index in [0.29, 0.717) is 10.9 Å². The van der Waals surface area contributed by atoms with Gasteiger partial charge in [-0.05, 0) is 11.6 Å². The zero-order chi connectivity index (χ0) is 19.8. The number of benzene rings is 1. The van der Waals surface area contributed by atoms with Crippen LogP contribution in [-0.2, 0) is 18.0 Å². The highest BCUT2D eigenvalue weighted by Gasteiger charge is 2.39. The summed E-state index contributed by atoms with van der Waals surface area (Å²) in [6.45, 7) is 3.60. The maximum absolute atomic E-state index is 13.4. The van der Waals surface area contributed by atoms with Crippen molar-refractivity contribution in [1.29, 1.82) is 0 Å². The summed E-state index contributed by atoms with van der Waals surface area (Å²) < 4.78 is 41.9. The standard InChI is InChI=1S/C18H16F3N3O2S/c1-3-8-27-17-23-16(26)14-11(9-13(25)22-15(14)24(17)2)10-6-4-5-7-12(10)18(19,20)21/h3-7,11H,1,8-9H2,2H3,(H,22,25)/t11-/m0/s1. The van der Waals surface area contributed by atoms with Gasteiger partial charge >= 0.3 is 6.18 Å². The Labute approximate surface area is 157 Å². The van der Waals surface area contributed by atoms with Gasteiger partial charge < -0.3 is 9.88 Å². The van der Waals surface area contributed by atoms with Crippen LogP contribution in [0.1, 0.15) is 29.0 Å². The van der Waals surface area contributed by atoms with E-state index >= 15 is 0 Å². The molecule has 0 saturated carbocycles. The Kier molecular flexibility index (Phi) is 5.14. The van der Waals surface area contributed by atoms with Gasteiger partial charge in [0.05, 0.1) is 11.1 Å². The number of hydrogen-bond donors (Lipinski definition) is 1. The van der Waals surface area contributed by atoms with E-state index in [-0.39, 0.29) is 23.4 Å². The molecule has 0 spiro atoms. The topological polar surface area (TPSA) is 64.0 Å². The summed E-state index contributed by atoms with van der Waals surface area (Å²) >= 11 is 1.24. The summed E-state index contributed by atoms with van der Waals surface area (Å²) in [6, 6.07) is 4.99. The van der Waals surface area contributed by atoms with Crippen molar-refractivity contribution in [2.75, 3.05) is 11.1 Å². The summed E-state index contributed by atoms with van der Waals surface area (Å²) in [6.07, 6.45) is -3.21. The summed E-state index contributed by atoms with van der Waals surface area (Å²) in [7, 11) is 1.61. The lowest BCUT2D eigenvalue weighted by Crippen LogP contribution is -2.34. The van der Waals surface area contributed by atoms with E-state index in [1.807, 2.05) is 0 Å². The molecule has 0 bridgehead atoms. The average molecular weight is 395 g/mol. The summed E-state index contributed by atoms with van der Waals surface area (Å²) in [5.74, 6) is -0.797. The number of thioether (sulfide) groups is 1. The number of carbonyl (C=O) groups is 1. The van der Waals surface area contributed by atoms with E-state index in [9.17, 15) is 22.8 Å². The number of alkyl halides is 3. The zero-order valence-corrected chi connectivity index (χ0v) is 15.2. The molecule has 3 rings (SSSR count). The van der Waals surface area contributed by atoms with Crippen LogP contribution in [0.15, 0.2) is 46.9 Å². The highest BCUT2D eigenvalue weighted by molar-refractivity contribution is 7.99. The van der Waals surface area contributed by atoms with E-state index in [0.717, 1.165) is 6.07 Å². The molecular weight excluding hydrogens is 379 g/mol. The van der Waals surface area contributed by atoms with Crippen molar-refractivity contribution in [3.63, 3.8) is 0 Å². The molecule has 27 heavy (non-hydrogen) atoms. The first-order valence-electron chi connectivity index (χ1n) is 8.04. The Hall–Kier alpha value is -2.55. The molecule has 1 aliphatic rings. The first kappa shape index (κ1) is 19.2. The minimum atomic E-state index is -4.59. The van der Waals surface area contributed by atoms with Gasteiger partial charge in [-0.15, -0.1) is 6.58 Å². The van der Waals surface area contributed by atoms with E-state index in [1.165, 1.54) is 34.5 Å². The second-order valence-electron chi connectivity index (χ2n) is 6.01. The third-order valence-electron chi connectivity index (χ3n) is 4.27. The Morgan fingerprint density at radius 1 is 1.37 bits per heavy atom. The van der Waals surface area contributed by atoms with Gasteiger partial charge in [0, 0.05) is 25.1 Å². The minimum Gasteiger partial charge on any atom is -0.312 e. The van der Waals surface area contributed by atoms with Crippen LogP contribution >= 0.6 is 11.8 Å². The zero-order valence-electron chi connectivity index (χ0n) is 14.3. The van der Waals surface area contributed by atoms with Crippen LogP contribution in [0.2, 0.25) is 0 Å². The molecule has 0 fully saturated rings. The molecule has 1 aromatic carbocycles. The van der Waals surface area contributed by atoms with E-state index in [1.54, 1.807) is 13.1 Å². The molecule has 1 atom stereocenters. The number of nitrogens with zero attached hydrogens (tertiary/aromatic N) is 2. The fourth-order valence-corrected chi connectivity index (χ4v) is 3.82. The van der Waals surface area contributed by atoms with Crippen molar-refractivity contribution in [3.05, 3.63) is 64.0 Å². The third-order valence-corrected chi connectivity index (χ3v) is 5.30. The van der Waals surface area contributed by atoms with E-state index in [4.69, 9.17) is 0 Å². The molecule has 0 saturated heterocycles. The number of rotatable bonds is 4. The number of halogens is 3. The molecule has 0 aliphatic carbocycles. The summed E-state index contributed by atoms with van der Waals surface area (Å²) in [5, 5.41) is 2.96. The normalized spacial score (nSPS) is 16.6. The first-order chi connectivity index (χ1) is 12.7. The maximum atomic E-state index is 13.4. The number of fused-ring (bicyclic) bond motifs is 1. The molecule has 2 aromatic rings. The number of anilines is 1. The van der Waals surface area contributed by atoms with Gasteiger partial charge in [0.2, 0.25) is 5.91 Å². The van der Waals surface area contributed by atoms with Crippen molar-refractivity contribution < 1.29 is 18.0 Å². The third kappa shape index (κ3) is 3.64. The van der Waals surface area contributed by atoms with Gasteiger partial charge in [0.25, 0.3) is 5.56 Å². The van der Waals surface area contributed by atoms with Crippen LogP contribution in [0, 0.1) is 0 Å². The fraction of sp³-hybridized carbons (Fsp3) is 0.278. The minimum absolute atomic E-state index is 0.0664. The van der Waals surface area contributed by atoms with Crippen LogP contribution in [-0.4, -0.2) is 21.2 Å². The Morgan fingerprint density at radius 2 is 2.07 bits per heavy atom. The largest absolute Gasteiger partial charge is 0.416 e. The monoisotopic (exact) mass is 395 g/mol. The van der Waals surface area contributed by atoms with Gasteiger partial charge in [-0.3, -0.25) is 9.59 Å². The first-order valence-corrected chi connectivity index (χ1v) is 9.03. The van der Waals surface area contributed by atoms with Gasteiger partial charge in [0.1, 0.15) is 5.82 Å². The van der Waals surface area contributed by atoms with Crippen molar-refractivity contribution in [3.8, 4) is 0 Å². The van der Waals surface area contributed by atoms with Crippen molar-refractivity contribution in [2.24, 2.45) is 7.05 Å². The molecule has 0 unspecified atom stereocenters. The number of hydrogen-bond acceptors (Lipinski definition) is 4. The lowest BCUT2D eigenvalue weighted by atomic mass is 9.84. The predicted octanol–water partition coefficient (Wildman–Crippen LogP) is 3.55. The highest BCUT2D eigenvalue weighted by Crippen LogP contribution is 2.41. The second-order valence-corrected chi connectivity index (χ2v) is 7.00. The second kappa shape index (κ2) is 7.22. The molecule has 1 aromatic heterocycles. The average Bonchev–Trinajstić information content (AvgIpc) is 2.62. The Bertz CT molecular complexity index is 969. The van der Waals surface area contributed by atoms with Crippen molar-refractivity contribution >= 4 is 23.5 Å². The number of carbonyl (C=O) groups excluding carboxylic acids is 1. The van der Waals surface area contributed by atoms with Gasteiger partial charge in [0.15, 0.2) is 5.16 Å². The Morgan fingerprint density at radius 3 is 2.74 bits per heavy atom. The SMILES string of the molecule is C=CCSc1nc(=O)c2c(n1C)NC(=O)C[C@H]2c1ccccc1C(F)(F)F. The Balaban J connectivity index is 2.21. The molecule has 1 amide bonds.